The first-order chi connectivity index (χ1) is 32.8. The highest BCUT2D eigenvalue weighted by Crippen LogP contribution is 2.54. The highest BCUT2D eigenvalue weighted by Gasteiger charge is 2.47. The molecule has 1 saturated heterocycles. The maximum Gasteiger partial charge on any atom is 0.335 e. The molecule has 20 heteroatoms. The number of Topliss-reactive ketones (excluding diaryl/α,β-unsaturated/α-hetero) is 2. The standard InChI is InChI=1S/C32H28O14.C11H10O5.C6H8O/c33-10-21-26(37)28(39)29(40)32(46-21)45-20-3-1-2-14-22(16-7-12(31(43)44)9-19(36)24(16)27(38)25(14)20)13-4-5-17(34)23-15(13)6-11(30(41)42)8-18(23)35;12-7-2-1-6(5-9(7)14)11-10(15)8(13)3-4-16-11;1-6-4-2-3-5-7-6/h1-3,6-9,13,21-22,26,28-29,32-33,35-37,39-40H,4-5,10H2,(H,41,42)(H,43,44);1-2,5,12,14-15H,3-4H2;2,4H,1,3,5H2/t13?,21?,22?,26-,28?,29+,32-;;/m1../s1. The lowest BCUT2D eigenvalue weighted by molar-refractivity contribution is -0.277. The zero-order valence-corrected chi connectivity index (χ0v) is 36.2. The Morgan fingerprint density at radius 1 is 0.696 bits per heavy atom. The van der Waals surface area contributed by atoms with Crippen molar-refractivity contribution in [2.24, 2.45) is 0 Å². The number of ketones is 3. The number of carboxylic acids is 2. The second kappa shape index (κ2) is 20.2. The van der Waals surface area contributed by atoms with Crippen LogP contribution in [-0.4, -0.2) is 136 Å². The van der Waals surface area contributed by atoms with Gasteiger partial charge in [-0.15, -0.1) is 0 Å². The van der Waals surface area contributed by atoms with Crippen molar-refractivity contribution in [3.8, 4) is 28.7 Å². The molecule has 0 aromatic heterocycles. The quantitative estimate of drug-likeness (QED) is 0.117. The smallest absolute Gasteiger partial charge is 0.335 e. The van der Waals surface area contributed by atoms with E-state index >= 15 is 0 Å². The van der Waals surface area contributed by atoms with Crippen LogP contribution in [0.1, 0.15) is 107 Å². The molecule has 3 aliphatic heterocycles. The van der Waals surface area contributed by atoms with Crippen LogP contribution < -0.4 is 4.74 Å². The first kappa shape index (κ1) is 49.2. The highest BCUT2D eigenvalue weighted by molar-refractivity contribution is 6.16. The molecule has 4 aromatic carbocycles. The number of hydrogen-bond acceptors (Lipinski definition) is 18. The monoisotopic (exact) mass is 954 g/mol. The van der Waals surface area contributed by atoms with Crippen LogP contribution in [0, 0.1) is 0 Å². The van der Waals surface area contributed by atoms with E-state index in [4.69, 9.17) is 24.1 Å². The minimum Gasteiger partial charge on any atom is -0.507 e. The van der Waals surface area contributed by atoms with E-state index in [0.717, 1.165) is 30.9 Å². The molecule has 1 fully saturated rings. The number of hydrogen-bond donors (Lipinski definition) is 11. The van der Waals surface area contributed by atoms with E-state index in [9.17, 15) is 75.0 Å². The first-order valence-electron chi connectivity index (χ1n) is 21.3. The van der Waals surface area contributed by atoms with Gasteiger partial charge in [0.15, 0.2) is 23.0 Å². The van der Waals surface area contributed by atoms with Gasteiger partial charge >= 0.3 is 11.9 Å². The number of aromatic hydroxyl groups is 4. The van der Waals surface area contributed by atoms with Gasteiger partial charge in [0.2, 0.25) is 23.6 Å². The molecule has 20 nitrogen and oxygen atoms in total. The number of allylic oxidation sites excluding steroid dienone is 2. The lowest BCUT2D eigenvalue weighted by Gasteiger charge is -2.40. The van der Waals surface area contributed by atoms with Crippen molar-refractivity contribution < 1.29 is 99.1 Å². The van der Waals surface area contributed by atoms with Crippen LogP contribution in [0.5, 0.6) is 28.7 Å². The minimum atomic E-state index is -1.82. The second-order valence-corrected chi connectivity index (χ2v) is 16.3. The van der Waals surface area contributed by atoms with Gasteiger partial charge in [0.1, 0.15) is 47.4 Å². The number of phenols is 4. The van der Waals surface area contributed by atoms with Crippen molar-refractivity contribution in [1.29, 1.82) is 0 Å². The summed E-state index contributed by atoms with van der Waals surface area (Å²) in [5, 5.41) is 110. The zero-order valence-electron chi connectivity index (χ0n) is 36.2. The second-order valence-electron chi connectivity index (χ2n) is 16.3. The molecule has 11 N–H and O–H groups in total. The third-order valence-corrected chi connectivity index (χ3v) is 12.0. The summed E-state index contributed by atoms with van der Waals surface area (Å²) >= 11 is 0. The average molecular weight is 955 g/mol. The fourth-order valence-electron chi connectivity index (χ4n) is 8.68. The van der Waals surface area contributed by atoms with Gasteiger partial charge in [-0.3, -0.25) is 14.4 Å². The van der Waals surface area contributed by atoms with E-state index < -0.39 is 95.7 Å². The van der Waals surface area contributed by atoms with E-state index in [1.165, 1.54) is 48.5 Å². The largest absolute Gasteiger partial charge is 0.507 e. The number of aliphatic hydroxyl groups is 5. The molecule has 5 aliphatic rings. The molecule has 2 aliphatic carbocycles. The Morgan fingerprint density at radius 2 is 1.38 bits per heavy atom. The molecule has 4 unspecified atom stereocenters. The Labute approximate surface area is 391 Å². The van der Waals surface area contributed by atoms with Gasteiger partial charge in [-0.05, 0) is 90.1 Å². The van der Waals surface area contributed by atoms with Crippen LogP contribution in [0.25, 0.3) is 5.76 Å². The van der Waals surface area contributed by atoms with Crippen molar-refractivity contribution in [1.82, 2.24) is 0 Å². The highest BCUT2D eigenvalue weighted by atomic mass is 16.7. The number of ether oxygens (including phenoxy) is 4. The minimum absolute atomic E-state index is 0.0338. The van der Waals surface area contributed by atoms with Crippen LogP contribution >= 0.6 is 0 Å². The number of phenolic OH excluding ortho intramolecular Hbond substituents is 4. The predicted octanol–water partition coefficient (Wildman–Crippen LogP) is 3.90. The number of carbonyl (C=O) groups is 5. The Kier molecular flexibility index (Phi) is 14.4. The van der Waals surface area contributed by atoms with Gasteiger partial charge in [0.05, 0.1) is 47.6 Å². The number of fused-ring (bicyclic) bond motifs is 3. The predicted molar refractivity (Wildman–Crippen MR) is 236 cm³/mol. The van der Waals surface area contributed by atoms with E-state index in [1.807, 2.05) is 6.08 Å². The van der Waals surface area contributed by atoms with Gasteiger partial charge < -0.3 is 75.1 Å². The van der Waals surface area contributed by atoms with Crippen molar-refractivity contribution in [2.75, 3.05) is 19.8 Å². The summed E-state index contributed by atoms with van der Waals surface area (Å²) in [6.45, 7) is 3.86. The molecule has 0 radical (unpaired) electrons. The summed E-state index contributed by atoms with van der Waals surface area (Å²) in [4.78, 5) is 62.3. The van der Waals surface area contributed by atoms with Gasteiger partial charge in [-0.25, -0.2) is 9.59 Å². The lowest BCUT2D eigenvalue weighted by Crippen LogP contribution is -2.60. The summed E-state index contributed by atoms with van der Waals surface area (Å²) in [6.07, 6.45) is -3.17. The summed E-state index contributed by atoms with van der Waals surface area (Å²) < 4.78 is 21.5. The SMILES string of the molecule is C=C1C=CCCO1.O=C(O)c1cc(O)c2c(c1)C(C1c3cc(C(=O)O)cc(O)c3C(=O)c3c(O[C@@H]4OC(CO)[C@@H](O)C(O)[C@@H]4O)cccc31)CCC2=O.O=C1CCOC(c2ccc(O)c(O)c2)=C1O. The van der Waals surface area contributed by atoms with Crippen molar-refractivity contribution >= 4 is 35.0 Å². The van der Waals surface area contributed by atoms with Crippen LogP contribution in [0.3, 0.4) is 0 Å². The molecule has 0 amide bonds. The van der Waals surface area contributed by atoms with Crippen LogP contribution in [0.2, 0.25) is 0 Å². The molecule has 0 bridgehead atoms. The normalized spacial score (nSPS) is 23.6. The molecule has 362 valence electrons. The lowest BCUT2D eigenvalue weighted by atomic mass is 9.65. The van der Waals surface area contributed by atoms with Gasteiger partial charge in [-0.1, -0.05) is 24.8 Å². The fourth-order valence-corrected chi connectivity index (χ4v) is 8.68. The third kappa shape index (κ3) is 9.82. The summed E-state index contributed by atoms with van der Waals surface area (Å²) in [6, 6.07) is 12.6. The van der Waals surface area contributed by atoms with E-state index in [-0.39, 0.29) is 93.4 Å². The number of carboxylic acid groups (broad SMARTS) is 2. The molecule has 0 spiro atoms. The van der Waals surface area contributed by atoms with Crippen molar-refractivity contribution in [2.45, 2.75) is 68.2 Å². The third-order valence-electron chi connectivity index (χ3n) is 12.0. The number of aliphatic hydroxyl groups excluding tert-OH is 5. The molecule has 69 heavy (non-hydrogen) atoms. The number of carbonyl (C=O) groups excluding carboxylic acids is 3. The maximum absolute atomic E-state index is 14.1. The molecule has 7 atom stereocenters. The number of aromatic carboxylic acids is 2. The Balaban J connectivity index is 0.000000249. The van der Waals surface area contributed by atoms with Crippen LogP contribution in [0.4, 0.5) is 0 Å². The first-order valence-corrected chi connectivity index (χ1v) is 21.3. The molecule has 0 saturated carbocycles. The molecule has 3 heterocycles. The van der Waals surface area contributed by atoms with E-state index in [2.05, 4.69) is 12.7 Å². The molecular weight excluding hydrogens is 909 g/mol. The van der Waals surface area contributed by atoms with Crippen molar-refractivity contribution in [3.05, 3.63) is 141 Å². The Bertz CT molecular complexity index is 2810. The molecule has 9 rings (SSSR count). The van der Waals surface area contributed by atoms with E-state index in [1.54, 1.807) is 0 Å². The van der Waals surface area contributed by atoms with Gasteiger partial charge in [0.25, 0.3) is 0 Å². The average Bonchev–Trinajstić information content (AvgIpc) is 3.32. The molecular formula is C49H46O20. The van der Waals surface area contributed by atoms with Crippen LogP contribution in [-0.2, 0) is 19.0 Å². The van der Waals surface area contributed by atoms with Gasteiger partial charge in [-0.2, -0.15) is 0 Å². The topological polar surface area (TPSA) is 345 Å². The maximum atomic E-state index is 14.1. The van der Waals surface area contributed by atoms with Gasteiger partial charge in [0, 0.05) is 24.3 Å². The summed E-state index contributed by atoms with van der Waals surface area (Å²) in [7, 11) is 0. The zero-order chi connectivity index (χ0) is 50.0. The number of benzene rings is 4. The number of rotatable bonds is 7. The fraction of sp³-hybridized carbons (Fsp3) is 0.286. The summed E-state index contributed by atoms with van der Waals surface area (Å²) in [5.41, 5.74) is -0.417. The van der Waals surface area contributed by atoms with Crippen LogP contribution in [0.15, 0.2) is 90.9 Å². The van der Waals surface area contributed by atoms with E-state index in [0.29, 0.717) is 5.56 Å². The Morgan fingerprint density at radius 3 is 1.99 bits per heavy atom. The molecule has 4 aromatic rings. The van der Waals surface area contributed by atoms with Crippen molar-refractivity contribution in [3.63, 3.8) is 0 Å². The summed E-state index contributed by atoms with van der Waals surface area (Å²) in [5.74, 6) is -7.91. The Hall–Kier alpha value is -7.75.